The van der Waals surface area contributed by atoms with E-state index in [2.05, 4.69) is 10.5 Å². The molecule has 1 amide bonds. The van der Waals surface area contributed by atoms with Crippen molar-refractivity contribution in [3.8, 4) is 0 Å². The summed E-state index contributed by atoms with van der Waals surface area (Å²) < 4.78 is 4.83. The molecule has 0 fully saturated rings. The van der Waals surface area contributed by atoms with E-state index < -0.39 is 5.97 Å². The maximum atomic E-state index is 11.7. The van der Waals surface area contributed by atoms with Crippen molar-refractivity contribution >= 4 is 11.9 Å². The first-order valence-electron chi connectivity index (χ1n) is 6.37. The topological polar surface area (TPSA) is 92.4 Å². The van der Waals surface area contributed by atoms with Gasteiger partial charge in [0.2, 0.25) is 0 Å². The van der Waals surface area contributed by atoms with Crippen LogP contribution in [-0.4, -0.2) is 28.2 Å². The molecule has 0 saturated carbocycles. The molecule has 0 radical (unpaired) electrons. The molecule has 0 spiro atoms. The molecule has 6 heteroatoms. The summed E-state index contributed by atoms with van der Waals surface area (Å²) in [5.41, 5.74) is 0.267. The van der Waals surface area contributed by atoms with Crippen molar-refractivity contribution in [2.75, 3.05) is 0 Å². The molecule has 0 aliphatic heterocycles. The molecule has 2 N–H and O–H groups in total. The van der Waals surface area contributed by atoms with Gasteiger partial charge in [-0.3, -0.25) is 9.59 Å². The van der Waals surface area contributed by atoms with Crippen molar-refractivity contribution in [3.63, 3.8) is 0 Å². The first-order valence-corrected chi connectivity index (χ1v) is 6.37. The highest BCUT2D eigenvalue weighted by Gasteiger charge is 2.15. The van der Waals surface area contributed by atoms with Crippen LogP contribution in [0.1, 0.15) is 49.4 Å². The number of aromatic nitrogens is 1. The molecule has 2 atom stereocenters. The number of hydrogen-bond acceptors (Lipinski definition) is 4. The summed E-state index contributed by atoms with van der Waals surface area (Å²) in [7, 11) is 0. The Labute approximate surface area is 112 Å². The second kappa shape index (κ2) is 6.92. The van der Waals surface area contributed by atoms with Crippen LogP contribution in [0, 0.1) is 12.8 Å². The minimum atomic E-state index is -0.783. The molecular weight excluding hydrogens is 248 g/mol. The van der Waals surface area contributed by atoms with E-state index in [9.17, 15) is 9.59 Å². The summed E-state index contributed by atoms with van der Waals surface area (Å²) in [5, 5.41) is 15.2. The summed E-state index contributed by atoms with van der Waals surface area (Å²) >= 11 is 0. The molecule has 0 saturated heterocycles. The van der Waals surface area contributed by atoms with Crippen molar-refractivity contribution in [1.82, 2.24) is 10.5 Å². The molecule has 1 aromatic heterocycles. The lowest BCUT2D eigenvalue weighted by molar-refractivity contribution is -0.141. The third kappa shape index (κ3) is 5.11. The van der Waals surface area contributed by atoms with Crippen LogP contribution in [-0.2, 0) is 4.79 Å². The number of rotatable bonds is 7. The lowest BCUT2D eigenvalue weighted by atomic mass is 10.0. The van der Waals surface area contributed by atoms with Gasteiger partial charge in [0.25, 0.3) is 5.91 Å². The minimum Gasteiger partial charge on any atom is -0.481 e. The van der Waals surface area contributed by atoms with E-state index in [1.165, 1.54) is 0 Å². The summed E-state index contributed by atoms with van der Waals surface area (Å²) in [6.07, 6.45) is 2.10. The lowest BCUT2D eigenvalue weighted by Crippen LogP contribution is -2.32. The fourth-order valence-electron chi connectivity index (χ4n) is 1.70. The molecule has 0 bridgehead atoms. The van der Waals surface area contributed by atoms with Gasteiger partial charge in [-0.2, -0.15) is 0 Å². The quantitative estimate of drug-likeness (QED) is 0.789. The van der Waals surface area contributed by atoms with Gasteiger partial charge in [-0.15, -0.1) is 0 Å². The fourth-order valence-corrected chi connectivity index (χ4v) is 1.70. The molecule has 106 valence electrons. The van der Waals surface area contributed by atoms with E-state index in [1.807, 2.05) is 6.92 Å². The molecule has 0 aromatic carbocycles. The predicted octanol–water partition coefficient (Wildman–Crippen LogP) is 1.99. The van der Waals surface area contributed by atoms with Gasteiger partial charge in [0.05, 0.1) is 5.92 Å². The first kappa shape index (κ1) is 15.2. The van der Waals surface area contributed by atoms with Crippen molar-refractivity contribution in [1.29, 1.82) is 0 Å². The van der Waals surface area contributed by atoms with Gasteiger partial charge in [-0.25, -0.2) is 0 Å². The highest BCUT2D eigenvalue weighted by Crippen LogP contribution is 2.10. The first-order chi connectivity index (χ1) is 8.90. The van der Waals surface area contributed by atoms with Crippen molar-refractivity contribution in [2.24, 2.45) is 5.92 Å². The number of carbonyl (C=O) groups is 2. The normalized spacial score (nSPS) is 13.8. The fraction of sp³-hybridized carbons (Fsp3) is 0.615. The maximum absolute atomic E-state index is 11.7. The van der Waals surface area contributed by atoms with E-state index >= 15 is 0 Å². The van der Waals surface area contributed by atoms with Gasteiger partial charge in [-0.05, 0) is 26.7 Å². The molecule has 2 unspecified atom stereocenters. The zero-order valence-electron chi connectivity index (χ0n) is 11.5. The van der Waals surface area contributed by atoms with Gasteiger partial charge in [-0.1, -0.05) is 18.5 Å². The number of aliphatic carboxylic acids is 1. The van der Waals surface area contributed by atoms with Crippen LogP contribution < -0.4 is 5.32 Å². The van der Waals surface area contributed by atoms with Crippen LogP contribution in [0.25, 0.3) is 0 Å². The van der Waals surface area contributed by atoms with Gasteiger partial charge < -0.3 is 14.9 Å². The third-order valence-electron chi connectivity index (χ3n) is 2.93. The Morgan fingerprint density at radius 2 is 2.11 bits per heavy atom. The van der Waals surface area contributed by atoms with E-state index in [1.54, 1.807) is 19.9 Å². The predicted molar refractivity (Wildman–Crippen MR) is 68.8 cm³/mol. The number of nitrogens with one attached hydrogen (secondary N) is 1. The van der Waals surface area contributed by atoms with Crippen LogP contribution in [0.15, 0.2) is 10.6 Å². The number of nitrogens with zero attached hydrogens (tertiary/aromatic N) is 1. The lowest BCUT2D eigenvalue weighted by Gasteiger charge is -2.13. The number of amides is 1. The molecule has 19 heavy (non-hydrogen) atoms. The number of hydrogen-bond donors (Lipinski definition) is 2. The minimum absolute atomic E-state index is 0.0227. The Kier molecular flexibility index (Phi) is 5.54. The second-order valence-electron chi connectivity index (χ2n) is 4.87. The monoisotopic (exact) mass is 268 g/mol. The van der Waals surface area contributed by atoms with Crippen LogP contribution in [0.3, 0.4) is 0 Å². The molecule has 0 aliphatic rings. The van der Waals surface area contributed by atoms with Crippen LogP contribution in [0.5, 0.6) is 0 Å². The Balaban J connectivity index is 2.29. The summed E-state index contributed by atoms with van der Waals surface area (Å²) in [5.74, 6) is -0.806. The largest absolute Gasteiger partial charge is 0.481 e. The number of carbonyl (C=O) groups excluding carboxylic acids is 1. The van der Waals surface area contributed by atoms with Crippen molar-refractivity contribution < 1.29 is 19.2 Å². The Morgan fingerprint density at radius 1 is 1.42 bits per heavy atom. The SMILES string of the molecule is Cc1cc(C(=O)NC(C)CCCC(C)C(=O)O)no1. The second-order valence-corrected chi connectivity index (χ2v) is 4.87. The molecule has 1 aromatic rings. The van der Waals surface area contributed by atoms with E-state index in [0.29, 0.717) is 12.2 Å². The highest BCUT2D eigenvalue weighted by molar-refractivity contribution is 5.92. The summed E-state index contributed by atoms with van der Waals surface area (Å²) in [4.78, 5) is 22.4. The Morgan fingerprint density at radius 3 is 2.63 bits per heavy atom. The van der Waals surface area contributed by atoms with Crippen molar-refractivity contribution in [3.05, 3.63) is 17.5 Å². The number of aryl methyl sites for hydroxylation is 1. The molecular formula is C13H20N2O4. The zero-order chi connectivity index (χ0) is 14.4. The Bertz CT molecular complexity index is 442. The smallest absolute Gasteiger partial charge is 0.306 e. The van der Waals surface area contributed by atoms with Gasteiger partial charge in [0.15, 0.2) is 5.69 Å². The van der Waals surface area contributed by atoms with E-state index in [-0.39, 0.29) is 23.6 Å². The number of carboxylic acid groups (broad SMARTS) is 1. The maximum Gasteiger partial charge on any atom is 0.306 e. The van der Waals surface area contributed by atoms with Crippen LogP contribution in [0.2, 0.25) is 0 Å². The highest BCUT2D eigenvalue weighted by atomic mass is 16.5. The number of carboxylic acids is 1. The summed E-state index contributed by atoms with van der Waals surface area (Å²) in [6.45, 7) is 5.29. The average Bonchev–Trinajstić information content (AvgIpc) is 2.75. The van der Waals surface area contributed by atoms with Crippen LogP contribution >= 0.6 is 0 Å². The average molecular weight is 268 g/mol. The molecule has 1 rings (SSSR count). The van der Waals surface area contributed by atoms with Gasteiger partial charge in [0, 0.05) is 12.1 Å². The van der Waals surface area contributed by atoms with E-state index in [0.717, 1.165) is 12.8 Å². The van der Waals surface area contributed by atoms with Crippen molar-refractivity contribution in [2.45, 2.75) is 46.1 Å². The molecule has 6 nitrogen and oxygen atoms in total. The third-order valence-corrected chi connectivity index (χ3v) is 2.93. The Hall–Kier alpha value is -1.85. The van der Waals surface area contributed by atoms with Gasteiger partial charge in [0.1, 0.15) is 5.76 Å². The summed E-state index contributed by atoms with van der Waals surface area (Å²) in [6, 6.07) is 1.56. The molecule has 1 heterocycles. The standard InChI is InChI=1S/C13H20N2O4/c1-8(13(17)18)5-4-6-9(2)14-12(16)11-7-10(3)19-15-11/h7-9H,4-6H2,1-3H3,(H,14,16)(H,17,18). The van der Waals surface area contributed by atoms with Gasteiger partial charge >= 0.3 is 5.97 Å². The zero-order valence-corrected chi connectivity index (χ0v) is 11.5. The van der Waals surface area contributed by atoms with Crippen LogP contribution in [0.4, 0.5) is 0 Å². The van der Waals surface area contributed by atoms with E-state index in [4.69, 9.17) is 9.63 Å². The molecule has 0 aliphatic carbocycles.